The molecule has 1 heterocycles. The maximum Gasteiger partial charge on any atom is 0.232 e. The normalized spacial score (nSPS) is 15.6. The molecule has 0 atom stereocenters. The summed E-state index contributed by atoms with van der Waals surface area (Å²) in [5.74, 6) is 1.55. The minimum Gasteiger partial charge on any atom is -0.341 e. The van der Waals surface area contributed by atoms with Crippen LogP contribution in [-0.2, 0) is 15.3 Å². The first-order valence-corrected chi connectivity index (χ1v) is 7.80. The number of ketones is 1. The first kappa shape index (κ1) is 14.4. The molecule has 0 bridgehead atoms. The average molecular weight is 298 g/mol. The number of Topliss-reactive ketones (excluding diaryl/α,β-unsaturated/α-hetero) is 1. The van der Waals surface area contributed by atoms with Gasteiger partial charge in [-0.25, -0.2) is 0 Å². The van der Waals surface area contributed by atoms with E-state index in [0.29, 0.717) is 31.7 Å². The third-order valence-electron chi connectivity index (χ3n) is 3.11. The Hall–Kier alpha value is -1.00. The van der Waals surface area contributed by atoms with Gasteiger partial charge in [0, 0.05) is 36.7 Å². The molecule has 1 amide bonds. The van der Waals surface area contributed by atoms with Crippen molar-refractivity contribution in [2.45, 2.75) is 18.6 Å². The van der Waals surface area contributed by atoms with Crippen LogP contribution in [0.5, 0.6) is 0 Å². The van der Waals surface area contributed by atoms with Crippen molar-refractivity contribution in [1.29, 1.82) is 0 Å². The summed E-state index contributed by atoms with van der Waals surface area (Å²) in [6, 6.07) is 7.67. The number of carbonyl (C=O) groups excluding carboxylic acids is 2. The van der Waals surface area contributed by atoms with Crippen molar-refractivity contribution >= 4 is 35.1 Å². The van der Waals surface area contributed by atoms with Gasteiger partial charge in [-0.05, 0) is 11.6 Å². The molecule has 102 valence electrons. The Morgan fingerprint density at radius 2 is 1.95 bits per heavy atom. The number of halogens is 1. The second kappa shape index (κ2) is 6.96. The number of likely N-dealkylation sites (tertiary alicyclic amines) is 1. The van der Waals surface area contributed by atoms with E-state index in [1.165, 1.54) is 0 Å². The van der Waals surface area contributed by atoms with E-state index in [0.717, 1.165) is 16.3 Å². The molecule has 0 spiro atoms. The largest absolute Gasteiger partial charge is 0.341 e. The van der Waals surface area contributed by atoms with Crippen LogP contribution in [0.25, 0.3) is 0 Å². The molecule has 0 aliphatic carbocycles. The van der Waals surface area contributed by atoms with E-state index in [-0.39, 0.29) is 11.7 Å². The van der Waals surface area contributed by atoms with Crippen LogP contribution in [-0.4, -0.2) is 35.4 Å². The average Bonchev–Trinajstić information content (AvgIpc) is 2.41. The predicted octanol–water partition coefficient (Wildman–Crippen LogP) is 2.76. The molecule has 0 radical (unpaired) electrons. The van der Waals surface area contributed by atoms with Crippen molar-refractivity contribution in [2.75, 3.05) is 18.8 Å². The highest BCUT2D eigenvalue weighted by molar-refractivity contribution is 7.99. The number of rotatable bonds is 4. The van der Waals surface area contributed by atoms with Gasteiger partial charge in [-0.2, -0.15) is 0 Å². The van der Waals surface area contributed by atoms with Gasteiger partial charge < -0.3 is 4.90 Å². The number of piperidine rings is 1. The molecule has 1 aromatic rings. The van der Waals surface area contributed by atoms with E-state index >= 15 is 0 Å². The summed E-state index contributed by atoms with van der Waals surface area (Å²) in [6.07, 6.45) is 1.00. The third kappa shape index (κ3) is 4.25. The molecule has 1 aliphatic heterocycles. The fourth-order valence-corrected chi connectivity index (χ4v) is 3.17. The number of thioether (sulfide) groups is 1. The molecule has 2 rings (SSSR count). The number of benzene rings is 1. The number of hydrogen-bond acceptors (Lipinski definition) is 3. The van der Waals surface area contributed by atoms with Gasteiger partial charge in [-0.3, -0.25) is 9.59 Å². The summed E-state index contributed by atoms with van der Waals surface area (Å²) >= 11 is 7.62. The van der Waals surface area contributed by atoms with Gasteiger partial charge in [0.2, 0.25) is 5.91 Å². The van der Waals surface area contributed by atoms with E-state index in [4.69, 9.17) is 11.6 Å². The maximum atomic E-state index is 11.9. The lowest BCUT2D eigenvalue weighted by Gasteiger charge is -2.25. The first-order chi connectivity index (χ1) is 9.16. The lowest BCUT2D eigenvalue weighted by Crippen LogP contribution is -2.39. The Bertz CT molecular complexity index is 468. The van der Waals surface area contributed by atoms with Crippen molar-refractivity contribution in [3.05, 3.63) is 34.9 Å². The third-order valence-corrected chi connectivity index (χ3v) is 4.45. The molecule has 1 saturated heterocycles. The summed E-state index contributed by atoms with van der Waals surface area (Å²) in [6.45, 7) is 1.15. The van der Waals surface area contributed by atoms with Gasteiger partial charge >= 0.3 is 0 Å². The molecular formula is C14H16ClNO2S. The monoisotopic (exact) mass is 297 g/mol. The zero-order chi connectivity index (χ0) is 13.7. The predicted molar refractivity (Wildman–Crippen MR) is 78.4 cm³/mol. The van der Waals surface area contributed by atoms with Crippen molar-refractivity contribution in [2.24, 2.45) is 0 Å². The van der Waals surface area contributed by atoms with Crippen molar-refractivity contribution in [1.82, 2.24) is 4.90 Å². The highest BCUT2D eigenvalue weighted by atomic mass is 35.5. The smallest absolute Gasteiger partial charge is 0.232 e. The van der Waals surface area contributed by atoms with Gasteiger partial charge in [-0.1, -0.05) is 29.8 Å². The van der Waals surface area contributed by atoms with Gasteiger partial charge in [0.25, 0.3) is 0 Å². The number of hydrogen-bond donors (Lipinski definition) is 0. The molecule has 5 heteroatoms. The van der Waals surface area contributed by atoms with Crippen LogP contribution in [0.4, 0.5) is 0 Å². The van der Waals surface area contributed by atoms with Crippen LogP contribution < -0.4 is 0 Å². The van der Waals surface area contributed by atoms with E-state index in [2.05, 4.69) is 0 Å². The van der Waals surface area contributed by atoms with Crippen molar-refractivity contribution in [3.8, 4) is 0 Å². The Labute approximate surface area is 122 Å². The zero-order valence-electron chi connectivity index (χ0n) is 10.6. The van der Waals surface area contributed by atoms with Crippen molar-refractivity contribution < 1.29 is 9.59 Å². The molecule has 1 aliphatic rings. The van der Waals surface area contributed by atoms with Crippen LogP contribution in [0.2, 0.25) is 5.02 Å². The Morgan fingerprint density at radius 1 is 1.26 bits per heavy atom. The van der Waals surface area contributed by atoms with Gasteiger partial charge in [0.1, 0.15) is 5.78 Å². The fraction of sp³-hybridized carbons (Fsp3) is 0.429. The summed E-state index contributed by atoms with van der Waals surface area (Å²) < 4.78 is 0. The molecular weight excluding hydrogens is 282 g/mol. The molecule has 0 N–H and O–H groups in total. The molecule has 1 aromatic carbocycles. The quantitative estimate of drug-likeness (QED) is 0.857. The van der Waals surface area contributed by atoms with Crippen molar-refractivity contribution in [3.63, 3.8) is 0 Å². The summed E-state index contributed by atoms with van der Waals surface area (Å²) in [5, 5.41) is 0.742. The molecule has 19 heavy (non-hydrogen) atoms. The second-order valence-corrected chi connectivity index (χ2v) is 5.90. The van der Waals surface area contributed by atoms with Gasteiger partial charge in [0.05, 0.1) is 5.75 Å². The maximum absolute atomic E-state index is 11.9. The first-order valence-electron chi connectivity index (χ1n) is 6.27. The van der Waals surface area contributed by atoms with E-state index in [1.807, 2.05) is 24.3 Å². The van der Waals surface area contributed by atoms with E-state index in [9.17, 15) is 9.59 Å². The Kier molecular flexibility index (Phi) is 5.28. The molecule has 0 unspecified atom stereocenters. The fourth-order valence-electron chi connectivity index (χ4n) is 1.96. The number of carbonyl (C=O) groups is 2. The minimum atomic E-state index is 0.115. The standard InChI is InChI=1S/C14H16ClNO2S/c15-13-4-2-1-3-11(13)9-19-10-14(18)16-7-5-12(17)6-8-16/h1-4H,5-10H2. The van der Waals surface area contributed by atoms with Crippen LogP contribution >= 0.6 is 23.4 Å². The Morgan fingerprint density at radius 3 is 2.63 bits per heavy atom. The molecule has 0 aromatic heterocycles. The second-order valence-electron chi connectivity index (χ2n) is 4.50. The highest BCUT2D eigenvalue weighted by Gasteiger charge is 2.20. The number of nitrogens with zero attached hydrogens (tertiary/aromatic N) is 1. The summed E-state index contributed by atoms with van der Waals surface area (Å²) in [5.41, 5.74) is 1.05. The summed E-state index contributed by atoms with van der Waals surface area (Å²) in [4.78, 5) is 24.8. The molecule has 3 nitrogen and oxygen atoms in total. The molecule has 1 fully saturated rings. The topological polar surface area (TPSA) is 37.4 Å². The Balaban J connectivity index is 1.75. The van der Waals surface area contributed by atoms with E-state index < -0.39 is 0 Å². The highest BCUT2D eigenvalue weighted by Crippen LogP contribution is 2.21. The van der Waals surface area contributed by atoms with E-state index in [1.54, 1.807) is 16.7 Å². The van der Waals surface area contributed by atoms with Crippen LogP contribution in [0.3, 0.4) is 0 Å². The van der Waals surface area contributed by atoms with Gasteiger partial charge in [-0.15, -0.1) is 11.8 Å². The molecule has 0 saturated carbocycles. The van der Waals surface area contributed by atoms with Crippen LogP contribution in [0.1, 0.15) is 18.4 Å². The minimum absolute atomic E-state index is 0.115. The van der Waals surface area contributed by atoms with Crippen LogP contribution in [0, 0.1) is 0 Å². The zero-order valence-corrected chi connectivity index (χ0v) is 12.2. The van der Waals surface area contributed by atoms with Gasteiger partial charge in [0.15, 0.2) is 0 Å². The summed E-state index contributed by atoms with van der Waals surface area (Å²) in [7, 11) is 0. The van der Waals surface area contributed by atoms with Crippen LogP contribution in [0.15, 0.2) is 24.3 Å². The lowest BCUT2D eigenvalue weighted by molar-refractivity contribution is -0.132. The lowest BCUT2D eigenvalue weighted by atomic mass is 10.1. The number of amides is 1. The SMILES string of the molecule is O=C1CCN(C(=O)CSCc2ccccc2Cl)CC1.